The third-order valence-corrected chi connectivity index (χ3v) is 4.71. The summed E-state index contributed by atoms with van der Waals surface area (Å²) < 4.78 is 26.9. The van der Waals surface area contributed by atoms with Crippen LogP contribution in [0.5, 0.6) is 0 Å². The lowest BCUT2D eigenvalue weighted by Crippen LogP contribution is -2.34. The Balaban J connectivity index is 1.91. The molecule has 8 heteroatoms. The Bertz CT molecular complexity index is 493. The van der Waals surface area contributed by atoms with E-state index in [0.29, 0.717) is 18.7 Å². The molecule has 1 aliphatic rings. The van der Waals surface area contributed by atoms with E-state index in [1.54, 1.807) is 7.05 Å². The monoisotopic (exact) mass is 287 g/mol. The standard InChI is InChI=1S/C11H21N5O2S/c1-12-8-10-9-13-15-11(10)19(17,18)14-4-7-16-5-2-3-6-16/h9,12,14H,2-8H2,1H3,(H,13,15). The molecule has 0 bridgehead atoms. The Morgan fingerprint density at radius 3 is 2.84 bits per heavy atom. The number of hydrogen-bond acceptors (Lipinski definition) is 5. The van der Waals surface area contributed by atoms with Crippen molar-refractivity contribution in [2.45, 2.75) is 24.4 Å². The van der Waals surface area contributed by atoms with E-state index in [9.17, 15) is 8.42 Å². The summed E-state index contributed by atoms with van der Waals surface area (Å²) in [5.41, 5.74) is 0.649. The maximum atomic E-state index is 12.1. The summed E-state index contributed by atoms with van der Waals surface area (Å²) >= 11 is 0. The molecule has 108 valence electrons. The van der Waals surface area contributed by atoms with Gasteiger partial charge in [0.1, 0.15) is 0 Å². The number of aromatic amines is 1. The molecule has 2 rings (SSSR count). The molecular formula is C11H21N5O2S. The number of aromatic nitrogens is 2. The molecule has 1 aliphatic heterocycles. The van der Waals surface area contributed by atoms with E-state index in [-0.39, 0.29) is 5.03 Å². The van der Waals surface area contributed by atoms with Gasteiger partial charge in [0.05, 0.1) is 6.20 Å². The van der Waals surface area contributed by atoms with Crippen LogP contribution in [0.3, 0.4) is 0 Å². The van der Waals surface area contributed by atoms with Gasteiger partial charge in [-0.2, -0.15) is 5.10 Å². The third-order valence-electron chi connectivity index (χ3n) is 3.23. The van der Waals surface area contributed by atoms with Crippen LogP contribution in [-0.4, -0.2) is 56.7 Å². The van der Waals surface area contributed by atoms with Gasteiger partial charge in [-0.25, -0.2) is 13.1 Å². The minimum Gasteiger partial charge on any atom is -0.316 e. The Morgan fingerprint density at radius 2 is 2.16 bits per heavy atom. The molecule has 3 N–H and O–H groups in total. The molecule has 1 fully saturated rings. The fourth-order valence-electron chi connectivity index (χ4n) is 2.26. The molecule has 0 spiro atoms. The molecule has 1 aromatic rings. The van der Waals surface area contributed by atoms with Crippen LogP contribution in [0.2, 0.25) is 0 Å². The molecule has 1 aromatic heterocycles. The molecule has 0 aromatic carbocycles. The molecule has 0 aliphatic carbocycles. The summed E-state index contributed by atoms with van der Waals surface area (Å²) in [6, 6.07) is 0. The largest absolute Gasteiger partial charge is 0.316 e. The van der Waals surface area contributed by atoms with Crippen molar-refractivity contribution in [3.8, 4) is 0 Å². The van der Waals surface area contributed by atoms with Crippen LogP contribution in [-0.2, 0) is 16.6 Å². The molecule has 0 radical (unpaired) electrons. The average molecular weight is 287 g/mol. The smallest absolute Gasteiger partial charge is 0.257 e. The van der Waals surface area contributed by atoms with Gasteiger partial charge in [0.15, 0.2) is 5.03 Å². The number of nitrogens with one attached hydrogen (secondary N) is 3. The molecule has 0 unspecified atom stereocenters. The minimum absolute atomic E-state index is 0.156. The maximum absolute atomic E-state index is 12.1. The molecule has 0 amide bonds. The van der Waals surface area contributed by atoms with Gasteiger partial charge in [0.2, 0.25) is 0 Å². The zero-order valence-electron chi connectivity index (χ0n) is 11.1. The van der Waals surface area contributed by atoms with Gasteiger partial charge in [-0.05, 0) is 33.0 Å². The normalized spacial score (nSPS) is 17.1. The maximum Gasteiger partial charge on any atom is 0.257 e. The van der Waals surface area contributed by atoms with Crippen LogP contribution in [0.25, 0.3) is 0 Å². The van der Waals surface area contributed by atoms with Crippen molar-refractivity contribution in [1.29, 1.82) is 0 Å². The van der Waals surface area contributed by atoms with E-state index < -0.39 is 10.0 Å². The minimum atomic E-state index is -3.50. The molecule has 0 saturated carbocycles. The van der Waals surface area contributed by atoms with Crippen molar-refractivity contribution in [2.75, 3.05) is 33.2 Å². The van der Waals surface area contributed by atoms with Crippen molar-refractivity contribution in [2.24, 2.45) is 0 Å². The first-order valence-corrected chi connectivity index (χ1v) is 8.00. The second kappa shape index (κ2) is 6.47. The summed E-state index contributed by atoms with van der Waals surface area (Å²) in [6.07, 6.45) is 3.95. The van der Waals surface area contributed by atoms with Crippen molar-refractivity contribution < 1.29 is 8.42 Å². The lowest BCUT2D eigenvalue weighted by atomic mass is 10.4. The van der Waals surface area contributed by atoms with Crippen LogP contribution in [0, 0.1) is 0 Å². The lowest BCUT2D eigenvalue weighted by Gasteiger charge is -2.14. The number of rotatable bonds is 7. The summed E-state index contributed by atoms with van der Waals surface area (Å²) in [6.45, 7) is 3.79. The summed E-state index contributed by atoms with van der Waals surface area (Å²) in [5, 5.41) is 9.43. The van der Waals surface area contributed by atoms with Crippen molar-refractivity contribution >= 4 is 10.0 Å². The molecule has 7 nitrogen and oxygen atoms in total. The highest BCUT2D eigenvalue weighted by Crippen LogP contribution is 2.11. The zero-order valence-corrected chi connectivity index (χ0v) is 12.0. The Hall–Kier alpha value is -0.960. The fraction of sp³-hybridized carbons (Fsp3) is 0.727. The summed E-state index contributed by atoms with van der Waals surface area (Å²) in [5.74, 6) is 0. The highest BCUT2D eigenvalue weighted by molar-refractivity contribution is 7.89. The second-order valence-electron chi connectivity index (χ2n) is 4.70. The van der Waals surface area contributed by atoms with Gasteiger partial charge < -0.3 is 10.2 Å². The van der Waals surface area contributed by atoms with E-state index in [1.165, 1.54) is 19.0 Å². The van der Waals surface area contributed by atoms with E-state index in [2.05, 4.69) is 25.1 Å². The Morgan fingerprint density at radius 1 is 1.42 bits per heavy atom. The fourth-order valence-corrected chi connectivity index (χ4v) is 3.41. The van der Waals surface area contributed by atoms with Crippen molar-refractivity contribution in [1.82, 2.24) is 25.1 Å². The number of likely N-dealkylation sites (tertiary alicyclic amines) is 1. The van der Waals surface area contributed by atoms with Crippen molar-refractivity contribution in [3.05, 3.63) is 11.8 Å². The highest BCUT2D eigenvalue weighted by Gasteiger charge is 2.20. The van der Waals surface area contributed by atoms with E-state index in [1.807, 2.05) is 0 Å². The zero-order chi connectivity index (χ0) is 13.7. The average Bonchev–Trinajstić information content (AvgIpc) is 3.00. The predicted molar refractivity (Wildman–Crippen MR) is 72.2 cm³/mol. The second-order valence-corrected chi connectivity index (χ2v) is 6.41. The first-order chi connectivity index (χ1) is 9.13. The van der Waals surface area contributed by atoms with Crippen LogP contribution < -0.4 is 10.0 Å². The number of sulfonamides is 1. The van der Waals surface area contributed by atoms with Gasteiger partial charge in [-0.1, -0.05) is 0 Å². The Labute approximate surface area is 113 Å². The predicted octanol–water partition coefficient (Wildman–Crippen LogP) is -0.497. The first kappa shape index (κ1) is 14.4. The third kappa shape index (κ3) is 3.75. The van der Waals surface area contributed by atoms with Crippen LogP contribution in [0.1, 0.15) is 18.4 Å². The van der Waals surface area contributed by atoms with Crippen LogP contribution in [0.15, 0.2) is 11.2 Å². The van der Waals surface area contributed by atoms with Crippen LogP contribution in [0.4, 0.5) is 0 Å². The van der Waals surface area contributed by atoms with Gasteiger partial charge in [0, 0.05) is 25.2 Å². The van der Waals surface area contributed by atoms with Crippen LogP contribution >= 0.6 is 0 Å². The molecule has 1 saturated heterocycles. The molecular weight excluding hydrogens is 266 g/mol. The highest BCUT2D eigenvalue weighted by atomic mass is 32.2. The summed E-state index contributed by atoms with van der Waals surface area (Å²) in [7, 11) is -1.73. The number of H-pyrrole nitrogens is 1. The van der Waals surface area contributed by atoms with E-state index in [0.717, 1.165) is 19.6 Å². The van der Waals surface area contributed by atoms with Gasteiger partial charge in [-0.3, -0.25) is 5.10 Å². The Kier molecular flexibility index (Phi) is 4.92. The van der Waals surface area contributed by atoms with Crippen molar-refractivity contribution in [3.63, 3.8) is 0 Å². The SMILES string of the molecule is CNCc1cn[nH]c1S(=O)(=O)NCCN1CCCC1. The first-order valence-electron chi connectivity index (χ1n) is 6.52. The van der Waals surface area contributed by atoms with Gasteiger partial charge in [-0.15, -0.1) is 0 Å². The molecule has 2 heterocycles. The van der Waals surface area contributed by atoms with Gasteiger partial charge >= 0.3 is 0 Å². The molecule has 19 heavy (non-hydrogen) atoms. The molecule has 0 atom stereocenters. The quantitative estimate of drug-likeness (QED) is 0.629. The summed E-state index contributed by atoms with van der Waals surface area (Å²) in [4.78, 5) is 2.27. The number of nitrogens with zero attached hydrogens (tertiary/aromatic N) is 2. The lowest BCUT2D eigenvalue weighted by molar-refractivity contribution is 0.344. The van der Waals surface area contributed by atoms with Gasteiger partial charge in [0.25, 0.3) is 10.0 Å². The van der Waals surface area contributed by atoms with E-state index >= 15 is 0 Å². The van der Waals surface area contributed by atoms with E-state index in [4.69, 9.17) is 0 Å². The number of hydrogen-bond donors (Lipinski definition) is 3. The topological polar surface area (TPSA) is 90.1 Å².